The zero-order chi connectivity index (χ0) is 16.7. The molecular weight excluding hydrogens is 318 g/mol. The van der Waals surface area contributed by atoms with Crippen LogP contribution >= 0.6 is 11.3 Å². The predicted octanol–water partition coefficient (Wildman–Crippen LogP) is 3.50. The van der Waals surface area contributed by atoms with E-state index >= 15 is 0 Å². The van der Waals surface area contributed by atoms with Crippen molar-refractivity contribution in [2.24, 2.45) is 0 Å². The lowest BCUT2D eigenvalue weighted by molar-refractivity contribution is 0.458. The smallest absolute Gasteiger partial charge is 0.185 e. The first kappa shape index (κ1) is 15.8. The van der Waals surface area contributed by atoms with Gasteiger partial charge in [-0.25, -0.2) is 15.0 Å². The Bertz CT molecular complexity index is 696. The average molecular weight is 344 g/mol. The predicted molar refractivity (Wildman–Crippen MR) is 99.1 cm³/mol. The van der Waals surface area contributed by atoms with Crippen LogP contribution in [-0.4, -0.2) is 40.1 Å². The Hall–Kier alpha value is -1.69. The van der Waals surface area contributed by atoms with Crippen molar-refractivity contribution in [3.05, 3.63) is 28.7 Å². The van der Waals surface area contributed by atoms with Gasteiger partial charge in [0, 0.05) is 41.8 Å². The Morgan fingerprint density at radius 1 is 1.04 bits per heavy atom. The molecule has 2 fully saturated rings. The molecule has 1 aliphatic carbocycles. The van der Waals surface area contributed by atoms with E-state index in [0.29, 0.717) is 12.1 Å². The topological polar surface area (TPSA) is 45.2 Å². The van der Waals surface area contributed by atoms with Crippen molar-refractivity contribution in [2.75, 3.05) is 22.9 Å². The Morgan fingerprint density at radius 2 is 1.75 bits per heavy atom. The molecule has 2 aromatic rings. The van der Waals surface area contributed by atoms with Crippen LogP contribution in [0.4, 0.5) is 10.9 Å². The summed E-state index contributed by atoms with van der Waals surface area (Å²) in [6.07, 6.45) is 6.66. The highest BCUT2D eigenvalue weighted by Gasteiger charge is 2.36. The van der Waals surface area contributed by atoms with Crippen molar-refractivity contribution in [1.82, 2.24) is 15.0 Å². The Labute approximate surface area is 147 Å². The highest BCUT2D eigenvalue weighted by atomic mass is 32.1. The third-order valence-corrected chi connectivity index (χ3v) is 6.27. The van der Waals surface area contributed by atoms with Gasteiger partial charge in [-0.1, -0.05) is 0 Å². The minimum Gasteiger partial charge on any atom is -0.350 e. The molecule has 0 bridgehead atoms. The van der Waals surface area contributed by atoms with E-state index in [4.69, 9.17) is 4.98 Å². The van der Waals surface area contributed by atoms with E-state index in [1.807, 2.05) is 18.3 Å². The lowest BCUT2D eigenvalue weighted by atomic mass is 10.0. The van der Waals surface area contributed by atoms with E-state index in [0.717, 1.165) is 24.6 Å². The van der Waals surface area contributed by atoms with Gasteiger partial charge in [0.25, 0.3) is 0 Å². The maximum atomic E-state index is 4.73. The lowest BCUT2D eigenvalue weighted by Gasteiger charge is -2.39. The van der Waals surface area contributed by atoms with Crippen LogP contribution in [0.5, 0.6) is 0 Å². The summed E-state index contributed by atoms with van der Waals surface area (Å²) < 4.78 is 0. The molecule has 0 radical (unpaired) electrons. The van der Waals surface area contributed by atoms with Gasteiger partial charge >= 0.3 is 0 Å². The van der Waals surface area contributed by atoms with Gasteiger partial charge in [0.1, 0.15) is 12.1 Å². The van der Waals surface area contributed by atoms with Gasteiger partial charge in [-0.15, -0.1) is 11.3 Å². The Balaban J connectivity index is 1.47. The van der Waals surface area contributed by atoms with Crippen LogP contribution in [0.3, 0.4) is 0 Å². The maximum absolute atomic E-state index is 4.73. The largest absolute Gasteiger partial charge is 0.350 e. The molecule has 1 saturated heterocycles. The van der Waals surface area contributed by atoms with Crippen molar-refractivity contribution in [3.63, 3.8) is 0 Å². The second-order valence-electron chi connectivity index (χ2n) is 7.01. The van der Waals surface area contributed by atoms with E-state index in [2.05, 4.69) is 39.7 Å². The summed E-state index contributed by atoms with van der Waals surface area (Å²) in [7, 11) is 0. The standard InChI is InChI=1S/C18H25N5S/c1-12-10-17(20-11-19-12)23(15-4-5-15)16-6-8-22(9-7-16)18-21-13(2)14(3)24-18/h10-11,15-16H,4-9H2,1-3H3. The molecule has 0 amide bonds. The molecule has 5 nitrogen and oxygen atoms in total. The molecule has 2 aliphatic rings. The van der Waals surface area contributed by atoms with Gasteiger partial charge < -0.3 is 9.80 Å². The maximum Gasteiger partial charge on any atom is 0.185 e. The van der Waals surface area contributed by atoms with Gasteiger partial charge in [-0.05, 0) is 46.5 Å². The van der Waals surface area contributed by atoms with Crippen LogP contribution < -0.4 is 9.80 Å². The molecule has 0 N–H and O–H groups in total. The fourth-order valence-corrected chi connectivity index (χ4v) is 4.49. The monoisotopic (exact) mass is 343 g/mol. The number of thiazole rings is 1. The number of hydrogen-bond donors (Lipinski definition) is 0. The van der Waals surface area contributed by atoms with Crippen molar-refractivity contribution >= 4 is 22.3 Å². The van der Waals surface area contributed by atoms with Crippen LogP contribution in [0, 0.1) is 20.8 Å². The van der Waals surface area contributed by atoms with E-state index in [9.17, 15) is 0 Å². The summed E-state index contributed by atoms with van der Waals surface area (Å²) in [5.41, 5.74) is 2.23. The number of nitrogens with zero attached hydrogens (tertiary/aromatic N) is 5. The molecule has 128 valence electrons. The third kappa shape index (κ3) is 3.11. The van der Waals surface area contributed by atoms with Crippen molar-refractivity contribution in [1.29, 1.82) is 0 Å². The highest BCUT2D eigenvalue weighted by molar-refractivity contribution is 7.15. The van der Waals surface area contributed by atoms with Gasteiger partial charge in [-0.3, -0.25) is 0 Å². The molecule has 0 aromatic carbocycles. The molecule has 6 heteroatoms. The SMILES string of the molecule is Cc1cc(N(C2CC2)C2CCN(c3nc(C)c(C)s3)CC2)ncn1. The molecule has 0 spiro atoms. The Kier molecular flexibility index (Phi) is 4.16. The Morgan fingerprint density at radius 3 is 2.33 bits per heavy atom. The van der Waals surface area contributed by atoms with Crippen LogP contribution in [-0.2, 0) is 0 Å². The number of aryl methyl sites for hydroxylation is 3. The molecule has 2 aromatic heterocycles. The van der Waals surface area contributed by atoms with Crippen LogP contribution in [0.25, 0.3) is 0 Å². The average Bonchev–Trinajstić information content (AvgIpc) is 3.34. The molecule has 0 atom stereocenters. The number of anilines is 2. The van der Waals surface area contributed by atoms with Crippen LogP contribution in [0.15, 0.2) is 12.4 Å². The van der Waals surface area contributed by atoms with Gasteiger partial charge in [0.05, 0.1) is 5.69 Å². The molecule has 24 heavy (non-hydrogen) atoms. The number of piperidine rings is 1. The molecular formula is C18H25N5S. The zero-order valence-electron chi connectivity index (χ0n) is 14.7. The van der Waals surface area contributed by atoms with Crippen molar-refractivity contribution in [2.45, 2.75) is 58.5 Å². The van der Waals surface area contributed by atoms with Gasteiger partial charge in [0.2, 0.25) is 0 Å². The second kappa shape index (κ2) is 6.31. The first-order valence-electron chi connectivity index (χ1n) is 8.88. The normalized spacial score (nSPS) is 18.9. The highest BCUT2D eigenvalue weighted by Crippen LogP contribution is 2.36. The van der Waals surface area contributed by atoms with E-state index in [1.54, 1.807) is 6.33 Å². The van der Waals surface area contributed by atoms with Crippen molar-refractivity contribution in [3.8, 4) is 0 Å². The quantitative estimate of drug-likeness (QED) is 0.850. The van der Waals surface area contributed by atoms with Gasteiger partial charge in [0.15, 0.2) is 5.13 Å². The zero-order valence-corrected chi connectivity index (χ0v) is 15.5. The third-order valence-electron chi connectivity index (χ3n) is 5.14. The van der Waals surface area contributed by atoms with E-state index < -0.39 is 0 Å². The fourth-order valence-electron chi connectivity index (χ4n) is 3.53. The molecule has 4 rings (SSSR count). The fraction of sp³-hybridized carbons (Fsp3) is 0.611. The first-order chi connectivity index (χ1) is 11.6. The number of rotatable bonds is 4. The molecule has 3 heterocycles. The van der Waals surface area contributed by atoms with E-state index in [-0.39, 0.29) is 0 Å². The summed E-state index contributed by atoms with van der Waals surface area (Å²) in [6, 6.07) is 3.41. The summed E-state index contributed by atoms with van der Waals surface area (Å²) in [4.78, 5) is 19.9. The lowest BCUT2D eigenvalue weighted by Crippen LogP contribution is -2.46. The minimum atomic E-state index is 0.588. The number of aromatic nitrogens is 3. The van der Waals surface area contributed by atoms with Crippen LogP contribution in [0.1, 0.15) is 41.9 Å². The molecule has 0 unspecified atom stereocenters. The molecule has 1 saturated carbocycles. The number of hydrogen-bond acceptors (Lipinski definition) is 6. The van der Waals surface area contributed by atoms with Crippen molar-refractivity contribution < 1.29 is 0 Å². The molecule has 1 aliphatic heterocycles. The van der Waals surface area contributed by atoms with Crippen LogP contribution in [0.2, 0.25) is 0 Å². The first-order valence-corrected chi connectivity index (χ1v) is 9.69. The second-order valence-corrected chi connectivity index (χ2v) is 8.19. The minimum absolute atomic E-state index is 0.588. The summed E-state index contributed by atoms with van der Waals surface area (Å²) in [5, 5.41) is 1.19. The van der Waals surface area contributed by atoms with E-state index in [1.165, 1.54) is 41.4 Å². The summed E-state index contributed by atoms with van der Waals surface area (Å²) >= 11 is 1.83. The summed E-state index contributed by atoms with van der Waals surface area (Å²) in [6.45, 7) is 8.49. The van der Waals surface area contributed by atoms with Gasteiger partial charge in [-0.2, -0.15) is 0 Å². The summed E-state index contributed by atoms with van der Waals surface area (Å²) in [5.74, 6) is 1.12.